The van der Waals surface area contributed by atoms with E-state index >= 15 is 0 Å². The molecule has 1 aliphatic rings. The molecule has 8 nitrogen and oxygen atoms in total. The summed E-state index contributed by atoms with van der Waals surface area (Å²) in [5.74, 6) is 0.771. The van der Waals surface area contributed by atoms with Crippen LogP contribution in [0, 0.1) is 13.8 Å². The lowest BCUT2D eigenvalue weighted by molar-refractivity contribution is 0.218. The van der Waals surface area contributed by atoms with E-state index in [0.29, 0.717) is 31.0 Å². The summed E-state index contributed by atoms with van der Waals surface area (Å²) in [5.41, 5.74) is 4.09. The third kappa shape index (κ3) is 3.21. The molecule has 0 aliphatic carbocycles. The SMILES string of the molecule is C=C1CN(Cc2ccccn2)C(=O)N1c1cnn(Cc2c(C)noc2C)c1. The number of hydrogen-bond acceptors (Lipinski definition) is 5. The van der Waals surface area contributed by atoms with Crippen LogP contribution in [0.1, 0.15) is 22.7 Å². The zero-order valence-corrected chi connectivity index (χ0v) is 15.3. The molecule has 0 N–H and O–H groups in total. The molecule has 1 saturated heterocycles. The van der Waals surface area contributed by atoms with Crippen molar-refractivity contribution in [1.82, 2.24) is 24.8 Å². The van der Waals surface area contributed by atoms with E-state index in [1.54, 1.807) is 26.9 Å². The predicted octanol–water partition coefficient (Wildman–Crippen LogP) is 2.89. The van der Waals surface area contributed by atoms with Gasteiger partial charge in [-0.1, -0.05) is 17.8 Å². The highest BCUT2D eigenvalue weighted by Gasteiger charge is 2.33. The molecule has 27 heavy (non-hydrogen) atoms. The lowest BCUT2D eigenvalue weighted by atomic mass is 10.2. The molecule has 1 fully saturated rings. The molecule has 8 heteroatoms. The monoisotopic (exact) mass is 364 g/mol. The first-order chi connectivity index (χ1) is 13.0. The van der Waals surface area contributed by atoms with E-state index in [9.17, 15) is 4.79 Å². The van der Waals surface area contributed by atoms with Gasteiger partial charge in [0.05, 0.1) is 42.9 Å². The second-order valence-electron chi connectivity index (χ2n) is 6.56. The number of pyridine rings is 1. The zero-order valence-electron chi connectivity index (χ0n) is 15.3. The van der Waals surface area contributed by atoms with Crippen molar-refractivity contribution in [2.75, 3.05) is 11.4 Å². The summed E-state index contributed by atoms with van der Waals surface area (Å²) in [6.07, 6.45) is 5.23. The van der Waals surface area contributed by atoms with Crippen LogP contribution in [0.3, 0.4) is 0 Å². The Kier molecular flexibility index (Phi) is 4.23. The van der Waals surface area contributed by atoms with Crippen molar-refractivity contribution in [2.24, 2.45) is 0 Å². The number of amides is 2. The molecule has 2 amide bonds. The van der Waals surface area contributed by atoms with Gasteiger partial charge in [0.1, 0.15) is 5.76 Å². The Balaban J connectivity index is 1.51. The molecule has 0 bridgehead atoms. The maximum absolute atomic E-state index is 12.9. The topological polar surface area (TPSA) is 80.3 Å². The van der Waals surface area contributed by atoms with Gasteiger partial charge < -0.3 is 9.42 Å². The lowest BCUT2D eigenvalue weighted by Crippen LogP contribution is -2.31. The van der Waals surface area contributed by atoms with Gasteiger partial charge in [0.15, 0.2) is 0 Å². The molecular weight excluding hydrogens is 344 g/mol. The molecule has 4 rings (SSSR count). The maximum Gasteiger partial charge on any atom is 0.329 e. The summed E-state index contributed by atoms with van der Waals surface area (Å²) in [7, 11) is 0. The average molecular weight is 364 g/mol. The van der Waals surface area contributed by atoms with E-state index in [1.165, 1.54) is 0 Å². The largest absolute Gasteiger partial charge is 0.361 e. The molecular formula is C19H20N6O2. The van der Waals surface area contributed by atoms with E-state index < -0.39 is 0 Å². The Bertz CT molecular complexity index is 971. The number of aryl methyl sites for hydroxylation is 2. The summed E-state index contributed by atoms with van der Waals surface area (Å²) in [6, 6.07) is 5.55. The minimum absolute atomic E-state index is 0.123. The van der Waals surface area contributed by atoms with E-state index in [1.807, 2.05) is 38.2 Å². The molecule has 3 aromatic heterocycles. The van der Waals surface area contributed by atoms with Crippen molar-refractivity contribution >= 4 is 11.7 Å². The number of hydrogen-bond donors (Lipinski definition) is 0. The highest BCUT2D eigenvalue weighted by molar-refractivity contribution is 5.97. The van der Waals surface area contributed by atoms with E-state index in [0.717, 1.165) is 22.7 Å². The fourth-order valence-corrected chi connectivity index (χ4v) is 3.18. The van der Waals surface area contributed by atoms with Gasteiger partial charge in [-0.3, -0.25) is 14.6 Å². The molecule has 0 radical (unpaired) electrons. The van der Waals surface area contributed by atoms with Gasteiger partial charge in [-0.2, -0.15) is 5.10 Å². The van der Waals surface area contributed by atoms with Crippen LogP contribution in [-0.2, 0) is 13.1 Å². The highest BCUT2D eigenvalue weighted by Crippen LogP contribution is 2.27. The summed E-state index contributed by atoms with van der Waals surface area (Å²) in [6.45, 7) is 9.27. The van der Waals surface area contributed by atoms with Gasteiger partial charge in [0.25, 0.3) is 0 Å². The normalized spacial score (nSPS) is 14.4. The summed E-state index contributed by atoms with van der Waals surface area (Å²) in [5, 5.41) is 8.34. The minimum Gasteiger partial charge on any atom is -0.361 e. The van der Waals surface area contributed by atoms with Gasteiger partial charge in [-0.25, -0.2) is 4.79 Å². The molecule has 0 aromatic carbocycles. The number of carbonyl (C=O) groups excluding carboxylic acids is 1. The number of anilines is 1. The quantitative estimate of drug-likeness (QED) is 0.695. The number of rotatable bonds is 5. The van der Waals surface area contributed by atoms with Crippen molar-refractivity contribution < 1.29 is 9.32 Å². The van der Waals surface area contributed by atoms with Crippen molar-refractivity contribution in [3.05, 3.63) is 71.8 Å². The van der Waals surface area contributed by atoms with Crippen molar-refractivity contribution in [2.45, 2.75) is 26.9 Å². The second-order valence-corrected chi connectivity index (χ2v) is 6.56. The summed E-state index contributed by atoms with van der Waals surface area (Å²) >= 11 is 0. The fraction of sp³-hybridized carbons (Fsp3) is 0.263. The molecule has 0 spiro atoms. The summed E-state index contributed by atoms with van der Waals surface area (Å²) in [4.78, 5) is 20.5. The van der Waals surface area contributed by atoms with E-state index in [4.69, 9.17) is 4.52 Å². The molecule has 138 valence electrons. The van der Waals surface area contributed by atoms with Crippen LogP contribution in [0.15, 0.2) is 53.6 Å². The van der Waals surface area contributed by atoms with Crippen molar-refractivity contribution in [1.29, 1.82) is 0 Å². The second kappa shape index (κ2) is 6.71. The van der Waals surface area contributed by atoms with Crippen molar-refractivity contribution in [3.8, 4) is 0 Å². The Labute approximate surface area is 156 Å². The zero-order chi connectivity index (χ0) is 19.0. The van der Waals surface area contributed by atoms with Crippen LogP contribution < -0.4 is 4.90 Å². The Hall–Kier alpha value is -3.42. The maximum atomic E-state index is 12.9. The minimum atomic E-state index is -0.123. The summed E-state index contributed by atoms with van der Waals surface area (Å²) < 4.78 is 6.96. The number of urea groups is 1. The standard InChI is InChI=1S/C19H20N6O2/c1-13-9-23(10-16-6-4-5-7-20-16)19(26)25(13)17-8-21-24(11-17)12-18-14(2)22-27-15(18)3/h4-8,11H,1,9-10,12H2,2-3H3. The first-order valence-corrected chi connectivity index (χ1v) is 8.64. The van der Waals surface area contributed by atoms with E-state index in [-0.39, 0.29) is 6.03 Å². The molecule has 0 unspecified atom stereocenters. The van der Waals surface area contributed by atoms with Crippen LogP contribution in [0.5, 0.6) is 0 Å². The number of carbonyl (C=O) groups is 1. The van der Waals surface area contributed by atoms with Gasteiger partial charge in [0.2, 0.25) is 0 Å². The Morgan fingerprint density at radius 2 is 2.11 bits per heavy atom. The number of aromatic nitrogens is 4. The Morgan fingerprint density at radius 1 is 1.26 bits per heavy atom. The van der Waals surface area contributed by atoms with Gasteiger partial charge in [0, 0.05) is 23.7 Å². The highest BCUT2D eigenvalue weighted by atomic mass is 16.5. The van der Waals surface area contributed by atoms with Crippen LogP contribution in [0.2, 0.25) is 0 Å². The number of nitrogens with zero attached hydrogens (tertiary/aromatic N) is 6. The third-order valence-electron chi connectivity index (χ3n) is 4.61. The first kappa shape index (κ1) is 17.0. The molecule has 0 atom stereocenters. The van der Waals surface area contributed by atoms with Crippen molar-refractivity contribution in [3.63, 3.8) is 0 Å². The van der Waals surface area contributed by atoms with E-state index in [2.05, 4.69) is 21.8 Å². The van der Waals surface area contributed by atoms with Crippen LogP contribution in [0.4, 0.5) is 10.5 Å². The Morgan fingerprint density at radius 3 is 2.81 bits per heavy atom. The van der Waals surface area contributed by atoms with Gasteiger partial charge >= 0.3 is 6.03 Å². The van der Waals surface area contributed by atoms with Gasteiger partial charge in [-0.15, -0.1) is 0 Å². The lowest BCUT2D eigenvalue weighted by Gasteiger charge is -2.16. The molecule has 3 aromatic rings. The fourth-order valence-electron chi connectivity index (χ4n) is 3.18. The van der Waals surface area contributed by atoms with Gasteiger partial charge in [-0.05, 0) is 26.0 Å². The first-order valence-electron chi connectivity index (χ1n) is 8.64. The molecule has 4 heterocycles. The predicted molar refractivity (Wildman–Crippen MR) is 99.0 cm³/mol. The smallest absolute Gasteiger partial charge is 0.329 e. The van der Waals surface area contributed by atoms with Crippen LogP contribution in [0.25, 0.3) is 0 Å². The average Bonchev–Trinajstić information content (AvgIpc) is 3.31. The third-order valence-corrected chi connectivity index (χ3v) is 4.61. The molecule has 1 aliphatic heterocycles. The molecule has 0 saturated carbocycles. The van der Waals surface area contributed by atoms with Crippen LogP contribution >= 0.6 is 0 Å². The van der Waals surface area contributed by atoms with Crippen LogP contribution in [-0.4, -0.2) is 37.4 Å².